The Bertz CT molecular complexity index is 866. The molecule has 9 heteroatoms. The van der Waals surface area contributed by atoms with Crippen molar-refractivity contribution in [2.75, 3.05) is 26.4 Å². The largest absolute Gasteiger partial charge is 0.494 e. The molecule has 2 aromatic rings. The fraction of sp³-hybridized carbons (Fsp3) is 0.300. The highest BCUT2D eigenvalue weighted by Gasteiger charge is 2.18. The highest BCUT2D eigenvalue weighted by atomic mass is 16.6. The highest BCUT2D eigenvalue weighted by Crippen LogP contribution is 2.19. The van der Waals surface area contributed by atoms with Crippen molar-refractivity contribution < 1.29 is 28.7 Å². The Labute approximate surface area is 167 Å². The van der Waals surface area contributed by atoms with Gasteiger partial charge in [-0.05, 0) is 44.2 Å². The molecule has 2 aromatic carbocycles. The van der Waals surface area contributed by atoms with Gasteiger partial charge >= 0.3 is 5.97 Å². The van der Waals surface area contributed by atoms with Gasteiger partial charge in [-0.25, -0.2) is 4.79 Å². The summed E-state index contributed by atoms with van der Waals surface area (Å²) in [6.45, 7) is 4.56. The van der Waals surface area contributed by atoms with Crippen LogP contribution >= 0.6 is 0 Å². The Hall–Kier alpha value is -3.62. The molecule has 0 bridgehead atoms. The number of carbonyl (C=O) groups excluding carboxylic acids is 2. The zero-order valence-corrected chi connectivity index (χ0v) is 16.2. The summed E-state index contributed by atoms with van der Waals surface area (Å²) in [5, 5.41) is 13.7. The minimum Gasteiger partial charge on any atom is -0.494 e. The van der Waals surface area contributed by atoms with Crippen molar-refractivity contribution in [2.24, 2.45) is 0 Å². The predicted octanol–water partition coefficient (Wildman–Crippen LogP) is 2.98. The number of hydrogen-bond acceptors (Lipinski definition) is 7. The van der Waals surface area contributed by atoms with Gasteiger partial charge in [-0.1, -0.05) is 0 Å². The van der Waals surface area contributed by atoms with Crippen LogP contribution in [0.15, 0.2) is 42.5 Å². The summed E-state index contributed by atoms with van der Waals surface area (Å²) in [6, 6.07) is 10.5. The third-order valence-electron chi connectivity index (χ3n) is 3.69. The van der Waals surface area contributed by atoms with Gasteiger partial charge in [-0.2, -0.15) is 0 Å². The molecule has 0 fully saturated rings. The van der Waals surface area contributed by atoms with Gasteiger partial charge in [0.1, 0.15) is 18.1 Å². The molecule has 29 heavy (non-hydrogen) atoms. The van der Waals surface area contributed by atoms with Crippen LogP contribution in [-0.2, 0) is 4.74 Å². The van der Waals surface area contributed by atoms with Gasteiger partial charge in [0, 0.05) is 17.7 Å². The molecule has 0 aliphatic carbocycles. The number of non-ortho nitro benzene ring substituents is 1. The third-order valence-corrected chi connectivity index (χ3v) is 3.69. The lowest BCUT2D eigenvalue weighted by Crippen LogP contribution is -2.28. The smallest absolute Gasteiger partial charge is 0.338 e. The van der Waals surface area contributed by atoms with Gasteiger partial charge in [0.15, 0.2) is 0 Å². The maximum Gasteiger partial charge on any atom is 0.338 e. The van der Waals surface area contributed by atoms with E-state index >= 15 is 0 Å². The van der Waals surface area contributed by atoms with Crippen LogP contribution in [0, 0.1) is 10.1 Å². The predicted molar refractivity (Wildman–Crippen MR) is 104 cm³/mol. The first kappa shape index (κ1) is 21.7. The first-order valence-electron chi connectivity index (χ1n) is 9.05. The molecule has 0 aliphatic rings. The lowest BCUT2D eigenvalue weighted by Gasteiger charge is -2.09. The molecule has 0 unspecified atom stereocenters. The molecule has 1 N–H and O–H groups in total. The second-order valence-electron chi connectivity index (χ2n) is 5.75. The Morgan fingerprint density at radius 1 is 0.966 bits per heavy atom. The van der Waals surface area contributed by atoms with Crippen LogP contribution in [0.1, 0.15) is 34.6 Å². The third kappa shape index (κ3) is 6.49. The normalized spacial score (nSPS) is 10.1. The van der Waals surface area contributed by atoms with Crippen molar-refractivity contribution in [3.05, 3.63) is 63.7 Å². The van der Waals surface area contributed by atoms with E-state index < -0.39 is 16.8 Å². The van der Waals surface area contributed by atoms with E-state index in [2.05, 4.69) is 5.32 Å². The minimum absolute atomic E-state index is 0.0108. The van der Waals surface area contributed by atoms with E-state index in [0.29, 0.717) is 12.4 Å². The van der Waals surface area contributed by atoms with Crippen molar-refractivity contribution in [2.45, 2.75) is 13.8 Å². The lowest BCUT2D eigenvalue weighted by molar-refractivity contribution is -0.384. The highest BCUT2D eigenvalue weighted by molar-refractivity contribution is 5.99. The van der Waals surface area contributed by atoms with Crippen molar-refractivity contribution in [3.63, 3.8) is 0 Å². The summed E-state index contributed by atoms with van der Waals surface area (Å²) in [7, 11) is 0. The number of nitro benzene ring substituents is 1. The van der Waals surface area contributed by atoms with E-state index in [1.807, 2.05) is 6.92 Å². The number of benzene rings is 2. The molecule has 1 amide bonds. The zero-order chi connectivity index (χ0) is 21.2. The summed E-state index contributed by atoms with van der Waals surface area (Å²) in [5.74, 6) is 0.0532. The van der Waals surface area contributed by atoms with Crippen LogP contribution in [0.3, 0.4) is 0 Å². The standard InChI is InChI=1S/C20H22N2O7/c1-3-27-17-5-7-18(8-6-17)29-10-9-21-19(23)14-11-15(20(24)28-4-2)13-16(12-14)22(25)26/h5-8,11-13H,3-4,9-10H2,1-2H3,(H,21,23). The second kappa shape index (κ2) is 10.6. The Morgan fingerprint density at radius 2 is 1.59 bits per heavy atom. The molecule has 2 rings (SSSR count). The molecule has 0 atom stereocenters. The summed E-state index contributed by atoms with van der Waals surface area (Å²) < 4.78 is 15.7. The van der Waals surface area contributed by atoms with Crippen LogP contribution in [0.25, 0.3) is 0 Å². The molecule has 0 saturated carbocycles. The molecule has 9 nitrogen and oxygen atoms in total. The summed E-state index contributed by atoms with van der Waals surface area (Å²) in [4.78, 5) is 34.6. The van der Waals surface area contributed by atoms with Crippen molar-refractivity contribution in [1.29, 1.82) is 0 Å². The lowest BCUT2D eigenvalue weighted by atomic mass is 10.1. The van der Waals surface area contributed by atoms with Gasteiger partial charge in [0.2, 0.25) is 0 Å². The molecule has 0 aromatic heterocycles. The van der Waals surface area contributed by atoms with Crippen LogP contribution in [-0.4, -0.2) is 43.2 Å². The van der Waals surface area contributed by atoms with E-state index in [-0.39, 0.29) is 36.6 Å². The van der Waals surface area contributed by atoms with Crippen LogP contribution in [0.5, 0.6) is 11.5 Å². The number of esters is 1. The number of nitrogens with zero attached hydrogens (tertiary/aromatic N) is 1. The summed E-state index contributed by atoms with van der Waals surface area (Å²) in [5.41, 5.74) is -0.438. The molecule has 154 valence electrons. The fourth-order valence-corrected chi connectivity index (χ4v) is 2.41. The molecule has 0 spiro atoms. The average Bonchev–Trinajstić information content (AvgIpc) is 2.72. The van der Waals surface area contributed by atoms with E-state index in [1.165, 1.54) is 6.07 Å². The number of rotatable bonds is 10. The van der Waals surface area contributed by atoms with Gasteiger partial charge in [0.05, 0.1) is 30.2 Å². The van der Waals surface area contributed by atoms with Gasteiger partial charge in [0.25, 0.3) is 11.6 Å². The molecule has 0 aliphatic heterocycles. The Kier molecular flexibility index (Phi) is 7.96. The first-order chi connectivity index (χ1) is 13.9. The summed E-state index contributed by atoms with van der Waals surface area (Å²) >= 11 is 0. The topological polar surface area (TPSA) is 117 Å². The van der Waals surface area contributed by atoms with Crippen molar-refractivity contribution >= 4 is 17.6 Å². The number of nitro groups is 1. The molecule has 0 saturated heterocycles. The molecule has 0 heterocycles. The number of carbonyl (C=O) groups is 2. The van der Waals surface area contributed by atoms with Gasteiger partial charge < -0.3 is 19.5 Å². The van der Waals surface area contributed by atoms with Gasteiger partial charge in [-0.3, -0.25) is 14.9 Å². The molecular formula is C20H22N2O7. The number of ether oxygens (including phenoxy) is 3. The zero-order valence-electron chi connectivity index (χ0n) is 16.2. The van der Waals surface area contributed by atoms with E-state index in [9.17, 15) is 19.7 Å². The van der Waals surface area contributed by atoms with Crippen molar-refractivity contribution in [1.82, 2.24) is 5.32 Å². The number of hydrogen-bond donors (Lipinski definition) is 1. The maximum absolute atomic E-state index is 12.3. The Morgan fingerprint density at radius 3 is 2.17 bits per heavy atom. The number of amides is 1. The van der Waals surface area contributed by atoms with Crippen LogP contribution in [0.2, 0.25) is 0 Å². The van der Waals surface area contributed by atoms with Crippen molar-refractivity contribution in [3.8, 4) is 11.5 Å². The molecule has 0 radical (unpaired) electrons. The monoisotopic (exact) mass is 402 g/mol. The van der Waals surface area contributed by atoms with Crippen LogP contribution in [0.4, 0.5) is 5.69 Å². The first-order valence-corrected chi connectivity index (χ1v) is 9.05. The van der Waals surface area contributed by atoms with E-state index in [4.69, 9.17) is 14.2 Å². The quantitative estimate of drug-likeness (QED) is 0.281. The van der Waals surface area contributed by atoms with Gasteiger partial charge in [-0.15, -0.1) is 0 Å². The molecular weight excluding hydrogens is 380 g/mol. The van der Waals surface area contributed by atoms with E-state index in [0.717, 1.165) is 17.9 Å². The second-order valence-corrected chi connectivity index (χ2v) is 5.75. The summed E-state index contributed by atoms with van der Waals surface area (Å²) in [6.07, 6.45) is 0. The fourth-order valence-electron chi connectivity index (χ4n) is 2.41. The average molecular weight is 402 g/mol. The Balaban J connectivity index is 1.95. The minimum atomic E-state index is -0.732. The maximum atomic E-state index is 12.3. The number of nitrogens with one attached hydrogen (secondary N) is 1. The van der Waals surface area contributed by atoms with Crippen LogP contribution < -0.4 is 14.8 Å². The SMILES string of the molecule is CCOC(=O)c1cc(C(=O)NCCOc2ccc(OCC)cc2)cc([N+](=O)[O-])c1. The van der Waals surface area contributed by atoms with E-state index in [1.54, 1.807) is 31.2 Å².